The fourth-order valence-electron chi connectivity index (χ4n) is 1.73. The van der Waals surface area contributed by atoms with E-state index >= 15 is 0 Å². The maximum Gasteiger partial charge on any atom is 0.277 e. The van der Waals surface area contributed by atoms with Gasteiger partial charge in [0.15, 0.2) is 5.82 Å². The van der Waals surface area contributed by atoms with Crippen molar-refractivity contribution in [3.63, 3.8) is 0 Å². The molecule has 0 unspecified atom stereocenters. The molecule has 0 aliphatic carbocycles. The highest BCUT2D eigenvalue weighted by molar-refractivity contribution is 6.06. The Kier molecular flexibility index (Phi) is 3.05. The van der Waals surface area contributed by atoms with Gasteiger partial charge in [-0.15, -0.1) is 0 Å². The van der Waals surface area contributed by atoms with Crippen molar-refractivity contribution >= 4 is 17.4 Å². The van der Waals surface area contributed by atoms with E-state index in [1.807, 2.05) is 6.92 Å². The summed E-state index contributed by atoms with van der Waals surface area (Å²) in [5.41, 5.74) is 7.32. The first-order valence-electron chi connectivity index (χ1n) is 5.59. The molecule has 0 spiro atoms. The molecule has 2 rings (SSSR count). The van der Waals surface area contributed by atoms with Gasteiger partial charge in [-0.05, 0) is 13.3 Å². The molecule has 96 valence electrons. The van der Waals surface area contributed by atoms with Gasteiger partial charge in [0.25, 0.3) is 5.91 Å². The van der Waals surface area contributed by atoms with Crippen molar-refractivity contribution < 1.29 is 9.32 Å². The third kappa shape index (κ3) is 2.06. The first-order valence-corrected chi connectivity index (χ1v) is 5.59. The van der Waals surface area contributed by atoms with Gasteiger partial charge in [0.2, 0.25) is 0 Å². The first-order chi connectivity index (χ1) is 8.52. The summed E-state index contributed by atoms with van der Waals surface area (Å²) in [5, 5.41) is 10.5. The second-order valence-electron chi connectivity index (χ2n) is 3.96. The molecule has 0 aliphatic heterocycles. The van der Waals surface area contributed by atoms with Crippen molar-refractivity contribution in [2.45, 2.75) is 20.3 Å². The molecule has 1 amide bonds. The van der Waals surface area contributed by atoms with Crippen molar-refractivity contribution in [2.24, 2.45) is 7.05 Å². The van der Waals surface area contributed by atoms with E-state index in [0.717, 1.165) is 0 Å². The SMILES string of the molecule is CCc1nn(C)c(C(=O)Nc2cc(C)on2)c1N. The number of nitrogens with one attached hydrogen (secondary N) is 1. The summed E-state index contributed by atoms with van der Waals surface area (Å²) in [6.07, 6.45) is 0.677. The zero-order valence-electron chi connectivity index (χ0n) is 10.5. The predicted octanol–water partition coefficient (Wildman–Crippen LogP) is 1.11. The van der Waals surface area contributed by atoms with Crippen molar-refractivity contribution in [1.82, 2.24) is 14.9 Å². The Labute approximate surface area is 104 Å². The van der Waals surface area contributed by atoms with E-state index in [9.17, 15) is 4.79 Å². The predicted molar refractivity (Wildman–Crippen MR) is 66.2 cm³/mol. The van der Waals surface area contributed by atoms with E-state index in [0.29, 0.717) is 35.1 Å². The van der Waals surface area contributed by atoms with Crippen LogP contribution in [0.25, 0.3) is 0 Å². The number of carbonyl (C=O) groups is 1. The molecule has 0 radical (unpaired) electrons. The van der Waals surface area contributed by atoms with Crippen LogP contribution in [0.4, 0.5) is 11.5 Å². The van der Waals surface area contributed by atoms with Gasteiger partial charge >= 0.3 is 0 Å². The third-order valence-corrected chi connectivity index (χ3v) is 2.58. The molecule has 0 aromatic carbocycles. The third-order valence-electron chi connectivity index (χ3n) is 2.58. The van der Waals surface area contributed by atoms with E-state index in [1.165, 1.54) is 4.68 Å². The van der Waals surface area contributed by atoms with Crippen LogP contribution in [0.5, 0.6) is 0 Å². The molecule has 7 nitrogen and oxygen atoms in total. The molecular weight excluding hydrogens is 234 g/mol. The normalized spacial score (nSPS) is 10.6. The van der Waals surface area contributed by atoms with Crippen LogP contribution >= 0.6 is 0 Å². The molecule has 2 aromatic rings. The number of aryl methyl sites for hydroxylation is 3. The monoisotopic (exact) mass is 249 g/mol. The molecule has 7 heteroatoms. The van der Waals surface area contributed by atoms with E-state index in [-0.39, 0.29) is 5.91 Å². The first kappa shape index (κ1) is 12.2. The largest absolute Gasteiger partial charge is 0.395 e. The molecule has 0 bridgehead atoms. The summed E-state index contributed by atoms with van der Waals surface area (Å²) in [5.74, 6) is 0.629. The average molecular weight is 249 g/mol. The number of anilines is 2. The molecule has 0 saturated heterocycles. The van der Waals surface area contributed by atoms with Gasteiger partial charge in [0, 0.05) is 13.1 Å². The Balaban J connectivity index is 2.26. The van der Waals surface area contributed by atoms with Crippen molar-refractivity contribution in [2.75, 3.05) is 11.1 Å². The van der Waals surface area contributed by atoms with Crippen molar-refractivity contribution in [3.8, 4) is 0 Å². The smallest absolute Gasteiger partial charge is 0.277 e. The van der Waals surface area contributed by atoms with Crippen LogP contribution in [-0.4, -0.2) is 20.8 Å². The Morgan fingerprint density at radius 1 is 1.61 bits per heavy atom. The Bertz CT molecular complexity index is 584. The number of carbonyl (C=O) groups excluding carboxylic acids is 1. The van der Waals surface area contributed by atoms with Crippen molar-refractivity contribution in [3.05, 3.63) is 23.2 Å². The number of amides is 1. The van der Waals surface area contributed by atoms with Crippen molar-refractivity contribution in [1.29, 1.82) is 0 Å². The number of nitrogens with two attached hydrogens (primary N) is 1. The van der Waals surface area contributed by atoms with Crippen LogP contribution in [0.2, 0.25) is 0 Å². The highest BCUT2D eigenvalue weighted by atomic mass is 16.5. The Hall–Kier alpha value is -2.31. The van der Waals surface area contributed by atoms with Crippen LogP contribution in [0.15, 0.2) is 10.6 Å². The lowest BCUT2D eigenvalue weighted by Crippen LogP contribution is -2.17. The lowest BCUT2D eigenvalue weighted by molar-refractivity contribution is 0.101. The Morgan fingerprint density at radius 2 is 2.33 bits per heavy atom. The van der Waals surface area contributed by atoms with Gasteiger partial charge in [-0.3, -0.25) is 9.48 Å². The highest BCUT2D eigenvalue weighted by Gasteiger charge is 2.19. The zero-order valence-corrected chi connectivity index (χ0v) is 10.5. The van der Waals surface area contributed by atoms with Crippen LogP contribution in [0.3, 0.4) is 0 Å². The minimum Gasteiger partial charge on any atom is -0.395 e. The number of nitrogen functional groups attached to an aromatic ring is 1. The van der Waals surface area contributed by atoms with E-state index in [2.05, 4.69) is 15.6 Å². The van der Waals surface area contributed by atoms with Gasteiger partial charge in [0.05, 0.1) is 11.4 Å². The lowest BCUT2D eigenvalue weighted by Gasteiger charge is -2.02. The van der Waals surface area contributed by atoms with E-state index in [4.69, 9.17) is 10.3 Å². The van der Waals surface area contributed by atoms with Crippen LogP contribution in [-0.2, 0) is 13.5 Å². The number of rotatable bonds is 3. The van der Waals surface area contributed by atoms with Gasteiger partial charge in [0.1, 0.15) is 11.5 Å². The molecule has 0 saturated carbocycles. The van der Waals surface area contributed by atoms with Gasteiger partial charge in [-0.1, -0.05) is 12.1 Å². The highest BCUT2D eigenvalue weighted by Crippen LogP contribution is 2.18. The fourth-order valence-corrected chi connectivity index (χ4v) is 1.73. The Morgan fingerprint density at radius 3 is 2.83 bits per heavy atom. The molecule has 18 heavy (non-hydrogen) atoms. The van der Waals surface area contributed by atoms with Gasteiger partial charge < -0.3 is 15.6 Å². The van der Waals surface area contributed by atoms with Crippen LogP contribution in [0, 0.1) is 6.92 Å². The quantitative estimate of drug-likeness (QED) is 0.849. The minimum atomic E-state index is -0.351. The summed E-state index contributed by atoms with van der Waals surface area (Å²) >= 11 is 0. The van der Waals surface area contributed by atoms with Gasteiger partial charge in [-0.25, -0.2) is 0 Å². The maximum absolute atomic E-state index is 12.1. The summed E-state index contributed by atoms with van der Waals surface area (Å²) in [6, 6.07) is 1.63. The van der Waals surface area contributed by atoms with E-state index < -0.39 is 0 Å². The summed E-state index contributed by atoms with van der Waals surface area (Å²) in [6.45, 7) is 3.68. The van der Waals surface area contributed by atoms with Crippen LogP contribution < -0.4 is 11.1 Å². The molecule has 0 aliphatic rings. The lowest BCUT2D eigenvalue weighted by atomic mass is 10.2. The molecule has 0 fully saturated rings. The van der Waals surface area contributed by atoms with Gasteiger partial charge in [-0.2, -0.15) is 5.10 Å². The molecular formula is C11H15N5O2. The summed E-state index contributed by atoms with van der Waals surface area (Å²) in [4.78, 5) is 12.1. The second kappa shape index (κ2) is 4.52. The molecule has 3 N–H and O–H groups in total. The molecule has 2 aromatic heterocycles. The number of aromatic nitrogens is 3. The summed E-state index contributed by atoms with van der Waals surface area (Å²) in [7, 11) is 1.68. The second-order valence-corrected chi connectivity index (χ2v) is 3.96. The topological polar surface area (TPSA) is 99.0 Å². The maximum atomic E-state index is 12.1. The number of nitrogens with zero attached hydrogens (tertiary/aromatic N) is 3. The fraction of sp³-hybridized carbons (Fsp3) is 0.364. The number of hydrogen-bond donors (Lipinski definition) is 2. The number of hydrogen-bond acceptors (Lipinski definition) is 5. The average Bonchev–Trinajstić information content (AvgIpc) is 2.83. The minimum absolute atomic E-state index is 0.326. The molecule has 0 atom stereocenters. The van der Waals surface area contributed by atoms with E-state index in [1.54, 1.807) is 20.0 Å². The standard InChI is InChI=1S/C11H15N5O2/c1-4-7-9(12)10(16(3)14-7)11(17)13-8-5-6(2)18-15-8/h5H,4,12H2,1-3H3,(H,13,15,17). The zero-order chi connectivity index (χ0) is 13.3. The summed E-state index contributed by atoms with van der Waals surface area (Å²) < 4.78 is 6.34. The molecule has 2 heterocycles. The van der Waals surface area contributed by atoms with Crippen LogP contribution in [0.1, 0.15) is 28.9 Å².